The summed E-state index contributed by atoms with van der Waals surface area (Å²) in [6, 6.07) is 13.7. The van der Waals surface area contributed by atoms with Gasteiger partial charge in [-0.05, 0) is 47.9 Å². The number of methoxy groups -OCH3 is 1. The number of nitrogens with zero attached hydrogens (tertiary/aromatic N) is 1. The zero-order valence-electron chi connectivity index (χ0n) is 14.9. The number of benzene rings is 1. The first-order valence-electron chi connectivity index (χ1n) is 8.07. The van der Waals surface area contributed by atoms with Crippen LogP contribution in [0.4, 0.5) is 0 Å². The van der Waals surface area contributed by atoms with Crippen molar-refractivity contribution >= 4 is 5.57 Å². The molecule has 3 heteroatoms. The van der Waals surface area contributed by atoms with Crippen LogP contribution in [0, 0.1) is 0 Å². The first-order valence-corrected chi connectivity index (χ1v) is 8.07. The first-order chi connectivity index (χ1) is 12.1. The van der Waals surface area contributed by atoms with Gasteiger partial charge in [0.15, 0.2) is 0 Å². The molecule has 0 atom stereocenters. The molecule has 1 aromatic heterocycles. The Bertz CT molecular complexity index is 804. The zero-order chi connectivity index (χ0) is 18.2. The second-order valence-electron chi connectivity index (χ2n) is 5.66. The second-order valence-corrected chi connectivity index (χ2v) is 5.66. The molecule has 128 valence electrons. The quantitative estimate of drug-likeness (QED) is 0.698. The standard InChI is InChI=1S/C22H24N2O/c1-6-21(18-10-9-12-20(14-18)25-5)22(16(2)3)17(4)24-15-19-11-7-8-13-23-19/h6-14,24H,1-2,4,15H2,3,5H3/b22-21-. The maximum Gasteiger partial charge on any atom is 0.119 e. The average molecular weight is 332 g/mol. The molecule has 0 fully saturated rings. The number of ether oxygens (including phenoxy) is 1. The van der Waals surface area contributed by atoms with E-state index in [0.29, 0.717) is 6.54 Å². The Balaban J connectivity index is 2.35. The highest BCUT2D eigenvalue weighted by atomic mass is 16.5. The van der Waals surface area contributed by atoms with Gasteiger partial charge in [0.2, 0.25) is 0 Å². The normalized spacial score (nSPS) is 11.3. The van der Waals surface area contributed by atoms with Crippen molar-refractivity contribution < 1.29 is 4.74 Å². The van der Waals surface area contributed by atoms with Crippen molar-refractivity contribution in [3.8, 4) is 5.75 Å². The Morgan fingerprint density at radius 3 is 2.60 bits per heavy atom. The molecular weight excluding hydrogens is 308 g/mol. The lowest BCUT2D eigenvalue weighted by Crippen LogP contribution is -2.15. The monoisotopic (exact) mass is 332 g/mol. The van der Waals surface area contributed by atoms with E-state index in [9.17, 15) is 0 Å². The van der Waals surface area contributed by atoms with E-state index >= 15 is 0 Å². The fourth-order valence-electron chi connectivity index (χ4n) is 2.59. The second kappa shape index (κ2) is 8.69. The van der Waals surface area contributed by atoms with E-state index < -0.39 is 0 Å². The Morgan fingerprint density at radius 1 is 1.20 bits per heavy atom. The third-order valence-corrected chi connectivity index (χ3v) is 3.79. The van der Waals surface area contributed by atoms with E-state index in [2.05, 4.69) is 30.0 Å². The highest BCUT2D eigenvalue weighted by molar-refractivity contribution is 5.82. The Kier molecular flexibility index (Phi) is 6.35. The number of pyridine rings is 1. The molecule has 0 unspecified atom stereocenters. The maximum absolute atomic E-state index is 5.33. The summed E-state index contributed by atoms with van der Waals surface area (Å²) in [5.41, 5.74) is 5.57. The van der Waals surface area contributed by atoms with Crippen LogP contribution in [-0.4, -0.2) is 12.1 Å². The van der Waals surface area contributed by atoms with Gasteiger partial charge in [0.25, 0.3) is 0 Å². The van der Waals surface area contributed by atoms with Crippen LogP contribution in [0.15, 0.2) is 91.3 Å². The van der Waals surface area contributed by atoms with Crippen LogP contribution in [-0.2, 0) is 6.54 Å². The van der Waals surface area contributed by atoms with E-state index in [4.69, 9.17) is 4.74 Å². The Hall–Kier alpha value is -3.07. The molecule has 0 radical (unpaired) electrons. The van der Waals surface area contributed by atoms with Crippen LogP contribution < -0.4 is 10.1 Å². The van der Waals surface area contributed by atoms with Gasteiger partial charge < -0.3 is 10.1 Å². The highest BCUT2D eigenvalue weighted by Crippen LogP contribution is 2.29. The summed E-state index contributed by atoms with van der Waals surface area (Å²) in [7, 11) is 1.66. The van der Waals surface area contributed by atoms with Crippen molar-refractivity contribution in [1.29, 1.82) is 0 Å². The summed E-state index contributed by atoms with van der Waals surface area (Å²) in [6.07, 6.45) is 3.60. The summed E-state index contributed by atoms with van der Waals surface area (Å²) >= 11 is 0. The van der Waals surface area contributed by atoms with E-state index in [0.717, 1.165) is 39.4 Å². The molecule has 1 N–H and O–H groups in total. The average Bonchev–Trinajstić information content (AvgIpc) is 2.64. The van der Waals surface area contributed by atoms with Gasteiger partial charge >= 0.3 is 0 Å². The van der Waals surface area contributed by atoms with Gasteiger partial charge in [-0.2, -0.15) is 0 Å². The smallest absolute Gasteiger partial charge is 0.119 e. The molecule has 1 aromatic carbocycles. The zero-order valence-corrected chi connectivity index (χ0v) is 14.9. The van der Waals surface area contributed by atoms with Crippen LogP contribution in [0.1, 0.15) is 18.2 Å². The lowest BCUT2D eigenvalue weighted by molar-refractivity contribution is 0.414. The third-order valence-electron chi connectivity index (χ3n) is 3.79. The van der Waals surface area contributed by atoms with Gasteiger partial charge in [-0.1, -0.05) is 44.0 Å². The van der Waals surface area contributed by atoms with Crippen molar-refractivity contribution in [3.05, 3.63) is 103 Å². The molecule has 0 aliphatic heterocycles. The number of aromatic nitrogens is 1. The maximum atomic E-state index is 5.33. The van der Waals surface area contributed by atoms with Crippen molar-refractivity contribution in [2.75, 3.05) is 7.11 Å². The molecule has 0 saturated heterocycles. The fraction of sp³-hybridized carbons (Fsp3) is 0.136. The molecule has 1 heterocycles. The SMILES string of the molecule is C=C/C(=C(\C(=C)C)C(=C)NCc1ccccn1)c1cccc(OC)c1. The van der Waals surface area contributed by atoms with Crippen molar-refractivity contribution in [1.82, 2.24) is 10.3 Å². The van der Waals surface area contributed by atoms with E-state index in [1.54, 1.807) is 13.3 Å². The number of rotatable bonds is 8. The molecule has 0 amide bonds. The summed E-state index contributed by atoms with van der Waals surface area (Å²) < 4.78 is 5.33. The third kappa shape index (κ3) is 4.70. The minimum Gasteiger partial charge on any atom is -0.497 e. The van der Waals surface area contributed by atoms with E-state index in [1.165, 1.54) is 0 Å². The van der Waals surface area contributed by atoms with E-state index in [1.807, 2.05) is 55.5 Å². The van der Waals surface area contributed by atoms with Crippen molar-refractivity contribution in [2.45, 2.75) is 13.5 Å². The number of hydrogen-bond acceptors (Lipinski definition) is 3. The molecule has 3 nitrogen and oxygen atoms in total. The molecule has 2 aromatic rings. The fourth-order valence-corrected chi connectivity index (χ4v) is 2.59. The van der Waals surface area contributed by atoms with Gasteiger partial charge in [0, 0.05) is 17.5 Å². The summed E-state index contributed by atoms with van der Waals surface area (Å²) in [4.78, 5) is 4.32. The topological polar surface area (TPSA) is 34.2 Å². The molecule has 0 saturated carbocycles. The lowest BCUT2D eigenvalue weighted by Gasteiger charge is -2.18. The van der Waals surface area contributed by atoms with Gasteiger partial charge in [0.1, 0.15) is 5.75 Å². The molecule has 2 rings (SSSR count). The predicted octanol–water partition coefficient (Wildman–Crippen LogP) is 4.91. The lowest BCUT2D eigenvalue weighted by atomic mass is 9.93. The summed E-state index contributed by atoms with van der Waals surface area (Å²) in [5.74, 6) is 0.796. The van der Waals surface area contributed by atoms with Crippen LogP contribution in [0.2, 0.25) is 0 Å². The van der Waals surface area contributed by atoms with Gasteiger partial charge in [-0.25, -0.2) is 0 Å². The molecule has 0 spiro atoms. The summed E-state index contributed by atoms with van der Waals surface area (Å²) in [6.45, 7) is 14.8. The summed E-state index contributed by atoms with van der Waals surface area (Å²) in [5, 5.41) is 3.34. The first kappa shape index (κ1) is 18.3. The molecule has 0 aliphatic rings. The molecular formula is C22H24N2O. The minimum absolute atomic E-state index is 0.596. The predicted molar refractivity (Wildman–Crippen MR) is 105 cm³/mol. The Labute approximate surface area is 150 Å². The highest BCUT2D eigenvalue weighted by Gasteiger charge is 2.12. The van der Waals surface area contributed by atoms with Crippen molar-refractivity contribution in [3.63, 3.8) is 0 Å². The van der Waals surface area contributed by atoms with Gasteiger partial charge in [0.05, 0.1) is 19.3 Å². The van der Waals surface area contributed by atoms with E-state index in [-0.39, 0.29) is 0 Å². The molecule has 25 heavy (non-hydrogen) atoms. The minimum atomic E-state index is 0.596. The van der Waals surface area contributed by atoms with Gasteiger partial charge in [-0.3, -0.25) is 4.98 Å². The van der Waals surface area contributed by atoms with Crippen LogP contribution >= 0.6 is 0 Å². The van der Waals surface area contributed by atoms with Gasteiger partial charge in [-0.15, -0.1) is 0 Å². The van der Waals surface area contributed by atoms with Crippen LogP contribution in [0.5, 0.6) is 5.75 Å². The Morgan fingerprint density at radius 2 is 2.00 bits per heavy atom. The molecule has 0 aliphatic carbocycles. The number of allylic oxidation sites excluding steroid dienone is 3. The van der Waals surface area contributed by atoms with Crippen LogP contribution in [0.3, 0.4) is 0 Å². The van der Waals surface area contributed by atoms with Crippen LogP contribution in [0.25, 0.3) is 5.57 Å². The largest absolute Gasteiger partial charge is 0.497 e. The number of hydrogen-bond donors (Lipinski definition) is 1. The van der Waals surface area contributed by atoms with Crippen molar-refractivity contribution in [2.24, 2.45) is 0 Å². The number of nitrogens with one attached hydrogen (secondary N) is 1. The molecule has 0 bridgehead atoms.